The van der Waals surface area contributed by atoms with Gasteiger partial charge in [0.2, 0.25) is 12.7 Å². The summed E-state index contributed by atoms with van der Waals surface area (Å²) in [5.74, 6) is 2.72. The molecule has 2 aromatic carbocycles. The number of ether oxygens (including phenoxy) is 2. The van der Waals surface area contributed by atoms with Gasteiger partial charge >= 0.3 is 0 Å². The number of aliphatic imine (C=N–C) groups is 1. The van der Waals surface area contributed by atoms with Gasteiger partial charge in [0.1, 0.15) is 5.84 Å². The Kier molecular flexibility index (Phi) is 4.84. The van der Waals surface area contributed by atoms with Gasteiger partial charge < -0.3 is 14.8 Å². The molecule has 1 N–H and O–H groups in total. The standard InChI is InChI=1S/C26H28N2O3/c1-16(2)19-6-4-5-7-21(19)20-9-11-24(27-17(20)3)28-25(29)26(12-13-26)18-8-10-22-23(14-18)31-15-30-22/h4-8,10,14,16H,9,11-13,15H2,1-3H3,(H,27,28,29). The van der Waals surface area contributed by atoms with Crippen LogP contribution in [0.25, 0.3) is 5.57 Å². The highest BCUT2D eigenvalue weighted by Gasteiger charge is 2.52. The summed E-state index contributed by atoms with van der Waals surface area (Å²) in [5, 5.41) is 3.13. The van der Waals surface area contributed by atoms with Gasteiger partial charge in [0, 0.05) is 12.1 Å². The lowest BCUT2D eigenvalue weighted by molar-refractivity contribution is -0.122. The van der Waals surface area contributed by atoms with Crippen LogP contribution in [0.15, 0.2) is 53.2 Å². The third kappa shape index (κ3) is 3.52. The monoisotopic (exact) mass is 416 g/mol. The average Bonchev–Trinajstić information content (AvgIpc) is 3.45. The highest BCUT2D eigenvalue weighted by Crippen LogP contribution is 2.50. The first-order chi connectivity index (χ1) is 15.0. The van der Waals surface area contributed by atoms with Gasteiger partial charge in [-0.1, -0.05) is 44.2 Å². The number of hydrogen-bond acceptors (Lipinski definition) is 4. The smallest absolute Gasteiger partial charge is 0.235 e. The third-order valence-corrected chi connectivity index (χ3v) is 6.63. The molecule has 0 spiro atoms. The second-order valence-corrected chi connectivity index (χ2v) is 8.97. The Morgan fingerprint density at radius 3 is 2.58 bits per heavy atom. The number of benzene rings is 2. The Morgan fingerprint density at radius 1 is 1.06 bits per heavy atom. The number of nitrogens with zero attached hydrogens (tertiary/aromatic N) is 1. The third-order valence-electron chi connectivity index (χ3n) is 6.63. The number of nitrogens with one attached hydrogen (secondary N) is 1. The predicted molar refractivity (Wildman–Crippen MR) is 121 cm³/mol. The second kappa shape index (κ2) is 7.56. The molecule has 2 aliphatic heterocycles. The second-order valence-electron chi connectivity index (χ2n) is 8.97. The van der Waals surface area contributed by atoms with Gasteiger partial charge in [0.15, 0.2) is 11.5 Å². The van der Waals surface area contributed by atoms with Crippen molar-refractivity contribution in [3.05, 3.63) is 64.9 Å². The number of carbonyl (C=O) groups is 1. The Balaban J connectivity index is 1.37. The van der Waals surface area contributed by atoms with Crippen LogP contribution in [0.5, 0.6) is 11.5 Å². The zero-order chi connectivity index (χ0) is 21.6. The van der Waals surface area contributed by atoms with Crippen molar-refractivity contribution in [2.24, 2.45) is 4.99 Å². The van der Waals surface area contributed by atoms with Crippen LogP contribution < -0.4 is 14.8 Å². The summed E-state index contributed by atoms with van der Waals surface area (Å²) in [6.45, 7) is 6.72. The number of rotatable bonds is 4. The number of amidine groups is 1. The molecule has 5 rings (SSSR count). The summed E-state index contributed by atoms with van der Waals surface area (Å²) in [5.41, 5.74) is 5.40. The topological polar surface area (TPSA) is 59.9 Å². The average molecular weight is 417 g/mol. The molecule has 0 saturated heterocycles. The van der Waals surface area contributed by atoms with E-state index in [0.29, 0.717) is 5.92 Å². The number of fused-ring (bicyclic) bond motifs is 1. The van der Waals surface area contributed by atoms with Gasteiger partial charge in [-0.15, -0.1) is 0 Å². The molecule has 5 heteroatoms. The zero-order valence-corrected chi connectivity index (χ0v) is 18.3. The van der Waals surface area contributed by atoms with Crippen molar-refractivity contribution in [2.45, 2.75) is 57.8 Å². The van der Waals surface area contributed by atoms with Crippen molar-refractivity contribution in [3.63, 3.8) is 0 Å². The fourth-order valence-corrected chi connectivity index (χ4v) is 4.66. The summed E-state index contributed by atoms with van der Waals surface area (Å²) in [6, 6.07) is 14.4. The largest absolute Gasteiger partial charge is 0.454 e. The molecule has 5 nitrogen and oxygen atoms in total. The Morgan fingerprint density at radius 2 is 1.84 bits per heavy atom. The first-order valence-electron chi connectivity index (χ1n) is 11.1. The molecular formula is C26H28N2O3. The lowest BCUT2D eigenvalue weighted by Crippen LogP contribution is -2.39. The Bertz CT molecular complexity index is 1110. The number of amides is 1. The van der Waals surface area contributed by atoms with E-state index in [1.807, 2.05) is 25.1 Å². The Hall–Kier alpha value is -3.08. The van der Waals surface area contributed by atoms with Crippen LogP contribution >= 0.6 is 0 Å². The first kappa shape index (κ1) is 19.9. The maximum Gasteiger partial charge on any atom is 0.235 e. The summed E-state index contributed by atoms with van der Waals surface area (Å²) in [6.07, 6.45) is 3.30. The normalized spacial score (nSPS) is 18.8. The molecule has 1 fully saturated rings. The summed E-state index contributed by atoms with van der Waals surface area (Å²) < 4.78 is 10.9. The molecule has 0 bridgehead atoms. The van der Waals surface area contributed by atoms with Gasteiger partial charge in [-0.05, 0) is 66.5 Å². The van der Waals surface area contributed by atoms with Crippen molar-refractivity contribution >= 4 is 17.3 Å². The molecule has 3 aliphatic rings. The van der Waals surface area contributed by atoms with Gasteiger partial charge in [0.25, 0.3) is 0 Å². The first-order valence-corrected chi connectivity index (χ1v) is 11.1. The van der Waals surface area contributed by atoms with Gasteiger partial charge in [-0.2, -0.15) is 0 Å². The lowest BCUT2D eigenvalue weighted by atomic mass is 9.88. The SMILES string of the molecule is CC1=C(c2ccccc2C(C)C)CCC(NC(=O)C2(c3ccc4c(c3)OCO4)CC2)=N1. The van der Waals surface area contributed by atoms with E-state index in [-0.39, 0.29) is 12.7 Å². The van der Waals surface area contributed by atoms with Crippen molar-refractivity contribution in [1.82, 2.24) is 5.32 Å². The maximum absolute atomic E-state index is 13.2. The maximum atomic E-state index is 13.2. The molecule has 31 heavy (non-hydrogen) atoms. The van der Waals surface area contributed by atoms with E-state index in [2.05, 4.69) is 43.4 Å². The van der Waals surface area contributed by atoms with Crippen LogP contribution in [0.4, 0.5) is 0 Å². The number of hydrogen-bond donors (Lipinski definition) is 1. The van der Waals surface area contributed by atoms with Crippen LogP contribution in [0.1, 0.15) is 69.1 Å². The quantitative estimate of drug-likeness (QED) is 0.735. The summed E-state index contributed by atoms with van der Waals surface area (Å²) in [7, 11) is 0. The summed E-state index contributed by atoms with van der Waals surface area (Å²) >= 11 is 0. The van der Waals surface area contributed by atoms with Gasteiger partial charge in [-0.25, -0.2) is 4.99 Å². The molecule has 0 atom stereocenters. The van der Waals surface area contributed by atoms with Crippen LogP contribution in [0.2, 0.25) is 0 Å². The fraction of sp³-hybridized carbons (Fsp3) is 0.385. The lowest BCUT2D eigenvalue weighted by Gasteiger charge is -2.23. The van der Waals surface area contributed by atoms with Gasteiger partial charge in [0.05, 0.1) is 5.41 Å². The molecule has 2 aromatic rings. The highest BCUT2D eigenvalue weighted by molar-refractivity contribution is 6.05. The molecule has 0 unspecified atom stereocenters. The Labute approximate surface area is 183 Å². The van der Waals surface area contributed by atoms with Crippen molar-refractivity contribution in [2.75, 3.05) is 6.79 Å². The van der Waals surface area contributed by atoms with E-state index < -0.39 is 5.41 Å². The van der Waals surface area contributed by atoms with Crippen LogP contribution in [0, 0.1) is 0 Å². The minimum Gasteiger partial charge on any atom is -0.454 e. The van der Waals surface area contributed by atoms with Crippen LogP contribution in [-0.4, -0.2) is 18.5 Å². The molecule has 0 aromatic heterocycles. The molecular weight excluding hydrogens is 388 g/mol. The van der Waals surface area contributed by atoms with Crippen LogP contribution in [-0.2, 0) is 10.2 Å². The minimum absolute atomic E-state index is 0.0314. The minimum atomic E-state index is -0.481. The molecule has 0 radical (unpaired) electrons. The fourth-order valence-electron chi connectivity index (χ4n) is 4.66. The van der Waals surface area contributed by atoms with E-state index in [1.54, 1.807) is 0 Å². The van der Waals surface area contributed by atoms with E-state index in [4.69, 9.17) is 14.5 Å². The highest BCUT2D eigenvalue weighted by atomic mass is 16.7. The van der Waals surface area contributed by atoms with Crippen LogP contribution in [0.3, 0.4) is 0 Å². The molecule has 1 aliphatic carbocycles. The predicted octanol–water partition coefficient (Wildman–Crippen LogP) is 5.31. The van der Waals surface area contributed by atoms with Crippen molar-refractivity contribution < 1.29 is 14.3 Å². The molecule has 2 heterocycles. The molecule has 1 amide bonds. The van der Waals surface area contributed by atoms with E-state index >= 15 is 0 Å². The number of allylic oxidation sites excluding steroid dienone is 2. The van der Waals surface area contributed by atoms with E-state index in [0.717, 1.165) is 54.3 Å². The number of carbonyl (C=O) groups excluding carboxylic acids is 1. The zero-order valence-electron chi connectivity index (χ0n) is 18.3. The molecule has 1 saturated carbocycles. The van der Waals surface area contributed by atoms with E-state index in [1.165, 1.54) is 16.7 Å². The van der Waals surface area contributed by atoms with Gasteiger partial charge in [-0.3, -0.25) is 4.79 Å². The van der Waals surface area contributed by atoms with Crippen molar-refractivity contribution in [1.29, 1.82) is 0 Å². The molecule has 160 valence electrons. The van der Waals surface area contributed by atoms with Crippen molar-refractivity contribution in [3.8, 4) is 11.5 Å². The summed E-state index contributed by atoms with van der Waals surface area (Å²) in [4.78, 5) is 18.0. The van der Waals surface area contributed by atoms with E-state index in [9.17, 15) is 4.79 Å².